The van der Waals surface area contributed by atoms with Gasteiger partial charge in [-0.3, -0.25) is 0 Å². The maximum atomic E-state index is 2.27. The molecule has 0 fully saturated rings. The predicted molar refractivity (Wildman–Crippen MR) is 58.3 cm³/mol. The van der Waals surface area contributed by atoms with Gasteiger partial charge in [-0.05, 0) is 29.9 Å². The van der Waals surface area contributed by atoms with Gasteiger partial charge in [0.25, 0.3) is 0 Å². The third-order valence-corrected chi connectivity index (χ3v) is 2.70. The van der Waals surface area contributed by atoms with E-state index in [2.05, 4.69) is 52.4 Å². The molecular formula is C12H21N. The summed E-state index contributed by atoms with van der Waals surface area (Å²) in [6.45, 7) is 11.3. The number of hydrogen-bond acceptors (Lipinski definition) is 0. The minimum Gasteiger partial charge on any atom is -0.354 e. The maximum absolute atomic E-state index is 2.27. The number of aryl methyl sites for hydroxylation is 1. The van der Waals surface area contributed by atoms with Crippen LogP contribution in [0.4, 0.5) is 0 Å². The zero-order valence-electron chi connectivity index (χ0n) is 9.68. The van der Waals surface area contributed by atoms with E-state index in [1.165, 1.54) is 16.8 Å². The summed E-state index contributed by atoms with van der Waals surface area (Å²) in [5, 5.41) is 0. The summed E-state index contributed by atoms with van der Waals surface area (Å²) < 4.78 is 2.27. The van der Waals surface area contributed by atoms with Crippen molar-refractivity contribution in [1.82, 2.24) is 4.57 Å². The molecule has 0 aliphatic heterocycles. The molecule has 1 aromatic heterocycles. The largest absolute Gasteiger partial charge is 0.354 e. The van der Waals surface area contributed by atoms with Crippen molar-refractivity contribution in [3.8, 4) is 0 Å². The molecule has 0 aliphatic carbocycles. The van der Waals surface area contributed by atoms with Gasteiger partial charge >= 0.3 is 0 Å². The van der Waals surface area contributed by atoms with Gasteiger partial charge in [0, 0.05) is 18.9 Å². The smallest absolute Gasteiger partial charge is 0.0229 e. The molecule has 0 bridgehead atoms. The molecule has 0 N–H and O–H groups in total. The van der Waals surface area contributed by atoms with Crippen molar-refractivity contribution in [2.75, 3.05) is 0 Å². The summed E-state index contributed by atoms with van der Waals surface area (Å²) in [5.41, 5.74) is 4.45. The molecular weight excluding hydrogens is 158 g/mol. The van der Waals surface area contributed by atoms with Gasteiger partial charge in [-0.25, -0.2) is 0 Å². The van der Waals surface area contributed by atoms with Crippen LogP contribution in [-0.2, 0) is 7.05 Å². The predicted octanol–water partition coefficient (Wildman–Crippen LogP) is 3.58. The van der Waals surface area contributed by atoms with Gasteiger partial charge in [-0.1, -0.05) is 27.7 Å². The van der Waals surface area contributed by atoms with Gasteiger partial charge in [0.1, 0.15) is 0 Å². The lowest BCUT2D eigenvalue weighted by molar-refractivity contribution is 0.735. The van der Waals surface area contributed by atoms with Crippen molar-refractivity contribution in [3.63, 3.8) is 0 Å². The van der Waals surface area contributed by atoms with E-state index in [1.54, 1.807) is 0 Å². The van der Waals surface area contributed by atoms with Crippen molar-refractivity contribution in [2.24, 2.45) is 7.05 Å². The van der Waals surface area contributed by atoms with Crippen LogP contribution < -0.4 is 0 Å². The van der Waals surface area contributed by atoms with Crippen molar-refractivity contribution in [2.45, 2.75) is 46.5 Å². The standard InChI is InChI=1S/C12H21N/c1-8(2)11-7-13(6)12(9(3)4)10(11)5/h7-9H,1-6H3. The molecule has 0 unspecified atom stereocenters. The highest BCUT2D eigenvalue weighted by Gasteiger charge is 2.14. The highest BCUT2D eigenvalue weighted by atomic mass is 14.9. The van der Waals surface area contributed by atoms with Crippen molar-refractivity contribution in [1.29, 1.82) is 0 Å². The van der Waals surface area contributed by atoms with E-state index in [0.29, 0.717) is 11.8 Å². The van der Waals surface area contributed by atoms with Crippen LogP contribution in [0.3, 0.4) is 0 Å². The molecule has 1 nitrogen and oxygen atoms in total. The topological polar surface area (TPSA) is 4.93 Å². The molecule has 0 aromatic carbocycles. The summed E-state index contributed by atoms with van der Waals surface area (Å²) >= 11 is 0. The number of nitrogens with zero attached hydrogens (tertiary/aromatic N) is 1. The lowest BCUT2D eigenvalue weighted by Crippen LogP contribution is -1.98. The molecule has 0 spiro atoms. The zero-order chi connectivity index (χ0) is 10.2. The van der Waals surface area contributed by atoms with E-state index in [4.69, 9.17) is 0 Å². The molecule has 0 amide bonds. The Kier molecular flexibility index (Phi) is 2.84. The van der Waals surface area contributed by atoms with Crippen LogP contribution in [0.25, 0.3) is 0 Å². The van der Waals surface area contributed by atoms with Crippen LogP contribution in [0.1, 0.15) is 56.4 Å². The van der Waals surface area contributed by atoms with E-state index in [-0.39, 0.29) is 0 Å². The second-order valence-electron chi connectivity index (χ2n) is 4.51. The molecule has 0 saturated carbocycles. The van der Waals surface area contributed by atoms with E-state index in [9.17, 15) is 0 Å². The van der Waals surface area contributed by atoms with Crippen LogP contribution in [0.5, 0.6) is 0 Å². The Morgan fingerprint density at radius 2 is 1.62 bits per heavy atom. The lowest BCUT2D eigenvalue weighted by Gasteiger charge is -2.09. The Hall–Kier alpha value is -0.720. The van der Waals surface area contributed by atoms with E-state index in [1.807, 2.05) is 0 Å². The van der Waals surface area contributed by atoms with Gasteiger partial charge in [0.15, 0.2) is 0 Å². The average molecular weight is 179 g/mol. The van der Waals surface area contributed by atoms with Crippen LogP contribution in [0, 0.1) is 6.92 Å². The van der Waals surface area contributed by atoms with Crippen LogP contribution in [0.15, 0.2) is 6.20 Å². The summed E-state index contributed by atoms with van der Waals surface area (Å²) in [7, 11) is 2.15. The SMILES string of the molecule is Cc1c(C(C)C)cn(C)c1C(C)C. The Morgan fingerprint density at radius 3 is 1.85 bits per heavy atom. The molecule has 1 rings (SSSR count). The van der Waals surface area contributed by atoms with Crippen molar-refractivity contribution in [3.05, 3.63) is 23.0 Å². The van der Waals surface area contributed by atoms with Crippen molar-refractivity contribution < 1.29 is 0 Å². The zero-order valence-corrected chi connectivity index (χ0v) is 9.68. The molecule has 1 heterocycles. The van der Waals surface area contributed by atoms with Gasteiger partial charge in [-0.15, -0.1) is 0 Å². The normalized spacial score (nSPS) is 11.7. The Labute approximate surface area is 81.8 Å². The van der Waals surface area contributed by atoms with Crippen LogP contribution in [-0.4, -0.2) is 4.57 Å². The summed E-state index contributed by atoms with van der Waals surface area (Å²) in [4.78, 5) is 0. The lowest BCUT2D eigenvalue weighted by atomic mass is 9.98. The van der Waals surface area contributed by atoms with Crippen LogP contribution >= 0.6 is 0 Å². The highest BCUT2D eigenvalue weighted by Crippen LogP contribution is 2.27. The molecule has 74 valence electrons. The first-order chi connectivity index (χ1) is 5.95. The number of rotatable bonds is 2. The molecule has 0 aliphatic rings. The maximum Gasteiger partial charge on any atom is 0.0229 e. The van der Waals surface area contributed by atoms with E-state index >= 15 is 0 Å². The second-order valence-corrected chi connectivity index (χ2v) is 4.51. The van der Waals surface area contributed by atoms with E-state index < -0.39 is 0 Å². The Balaban J connectivity index is 3.22. The molecule has 13 heavy (non-hydrogen) atoms. The van der Waals surface area contributed by atoms with E-state index in [0.717, 1.165) is 0 Å². The molecule has 0 saturated heterocycles. The first kappa shape index (κ1) is 10.4. The van der Waals surface area contributed by atoms with Gasteiger partial charge in [0.05, 0.1) is 0 Å². The Morgan fingerprint density at radius 1 is 1.08 bits per heavy atom. The highest BCUT2D eigenvalue weighted by molar-refractivity contribution is 5.34. The van der Waals surface area contributed by atoms with Crippen LogP contribution in [0.2, 0.25) is 0 Å². The average Bonchev–Trinajstić information content (AvgIpc) is 2.26. The minimum atomic E-state index is 0.623. The van der Waals surface area contributed by atoms with Gasteiger partial charge < -0.3 is 4.57 Å². The minimum absolute atomic E-state index is 0.623. The second kappa shape index (κ2) is 3.57. The summed E-state index contributed by atoms with van der Waals surface area (Å²) in [6, 6.07) is 0. The third kappa shape index (κ3) is 1.79. The fourth-order valence-corrected chi connectivity index (χ4v) is 2.21. The van der Waals surface area contributed by atoms with Crippen molar-refractivity contribution >= 4 is 0 Å². The fourth-order valence-electron chi connectivity index (χ4n) is 2.21. The number of hydrogen-bond donors (Lipinski definition) is 0. The van der Waals surface area contributed by atoms with Gasteiger partial charge in [-0.2, -0.15) is 0 Å². The Bertz CT molecular complexity index is 292. The fraction of sp³-hybridized carbons (Fsp3) is 0.667. The quantitative estimate of drug-likeness (QED) is 0.654. The molecule has 0 atom stereocenters. The van der Waals surface area contributed by atoms with Gasteiger partial charge in [0.2, 0.25) is 0 Å². The third-order valence-electron chi connectivity index (χ3n) is 2.70. The first-order valence-electron chi connectivity index (χ1n) is 5.10. The summed E-state index contributed by atoms with van der Waals surface area (Å²) in [5.74, 6) is 1.26. The number of aromatic nitrogens is 1. The molecule has 1 aromatic rings. The molecule has 0 radical (unpaired) electrons. The first-order valence-corrected chi connectivity index (χ1v) is 5.10. The summed E-state index contributed by atoms with van der Waals surface area (Å²) in [6.07, 6.45) is 2.27. The molecule has 1 heteroatoms. The monoisotopic (exact) mass is 179 g/mol.